The van der Waals surface area contributed by atoms with E-state index in [1.54, 1.807) is 0 Å². The van der Waals surface area contributed by atoms with Crippen LogP contribution in [-0.2, 0) is 0 Å². The molecule has 0 saturated carbocycles. The SMILES string of the molecule is CC(C)C(C)c1cc(F)n[nH]1. The number of rotatable bonds is 2. The first-order chi connectivity index (χ1) is 5.11. The van der Waals surface area contributed by atoms with E-state index in [-0.39, 0.29) is 0 Å². The van der Waals surface area contributed by atoms with Crippen molar-refractivity contribution in [2.24, 2.45) is 5.92 Å². The molecule has 0 spiro atoms. The van der Waals surface area contributed by atoms with Gasteiger partial charge in [-0.15, -0.1) is 5.10 Å². The summed E-state index contributed by atoms with van der Waals surface area (Å²) in [5, 5.41) is 6.09. The number of H-pyrrole nitrogens is 1. The van der Waals surface area contributed by atoms with E-state index >= 15 is 0 Å². The van der Waals surface area contributed by atoms with Crippen LogP contribution < -0.4 is 0 Å². The summed E-state index contributed by atoms with van der Waals surface area (Å²) >= 11 is 0. The van der Waals surface area contributed by atoms with Crippen molar-refractivity contribution in [1.82, 2.24) is 10.2 Å². The van der Waals surface area contributed by atoms with Gasteiger partial charge >= 0.3 is 0 Å². The number of nitrogens with zero attached hydrogens (tertiary/aromatic N) is 1. The zero-order chi connectivity index (χ0) is 8.43. The van der Waals surface area contributed by atoms with Crippen LogP contribution in [0.1, 0.15) is 32.4 Å². The Labute approximate surface area is 65.8 Å². The molecule has 1 aromatic heterocycles. The molecule has 3 heteroatoms. The van der Waals surface area contributed by atoms with Gasteiger partial charge in [0.2, 0.25) is 5.95 Å². The van der Waals surface area contributed by atoms with Gasteiger partial charge in [-0.3, -0.25) is 5.10 Å². The molecule has 1 rings (SSSR count). The fourth-order valence-corrected chi connectivity index (χ4v) is 0.903. The first-order valence-electron chi connectivity index (χ1n) is 3.82. The molecule has 0 fully saturated rings. The average molecular weight is 156 g/mol. The lowest BCUT2D eigenvalue weighted by atomic mass is 9.95. The zero-order valence-electron chi connectivity index (χ0n) is 7.06. The van der Waals surface area contributed by atoms with E-state index in [1.807, 2.05) is 0 Å². The van der Waals surface area contributed by atoms with Crippen molar-refractivity contribution < 1.29 is 4.39 Å². The molecule has 1 atom stereocenters. The largest absolute Gasteiger partial charge is 0.279 e. The molecule has 0 bridgehead atoms. The molecule has 2 nitrogen and oxygen atoms in total. The van der Waals surface area contributed by atoms with Gasteiger partial charge in [0, 0.05) is 17.7 Å². The van der Waals surface area contributed by atoms with Crippen LogP contribution >= 0.6 is 0 Å². The molecule has 1 heterocycles. The van der Waals surface area contributed by atoms with Gasteiger partial charge in [0.1, 0.15) is 0 Å². The Hall–Kier alpha value is -0.860. The lowest BCUT2D eigenvalue weighted by Gasteiger charge is -2.11. The summed E-state index contributed by atoms with van der Waals surface area (Å²) in [6.45, 7) is 6.25. The summed E-state index contributed by atoms with van der Waals surface area (Å²) in [5.74, 6) is 0.425. The molecule has 0 aromatic carbocycles. The van der Waals surface area contributed by atoms with Crippen molar-refractivity contribution in [3.63, 3.8) is 0 Å². The Bertz CT molecular complexity index is 230. The molecular formula is C8H13FN2. The molecule has 0 aliphatic carbocycles. The molecule has 1 aromatic rings. The predicted molar refractivity (Wildman–Crippen MR) is 41.8 cm³/mol. The zero-order valence-corrected chi connectivity index (χ0v) is 7.06. The average Bonchev–Trinajstić information content (AvgIpc) is 2.34. The Morgan fingerprint density at radius 3 is 2.45 bits per heavy atom. The first-order valence-corrected chi connectivity index (χ1v) is 3.82. The summed E-state index contributed by atoms with van der Waals surface area (Å²) in [7, 11) is 0. The van der Waals surface area contributed by atoms with Crippen molar-refractivity contribution >= 4 is 0 Å². The Morgan fingerprint density at radius 1 is 1.45 bits per heavy atom. The topological polar surface area (TPSA) is 28.7 Å². The number of nitrogens with one attached hydrogen (secondary N) is 1. The fraction of sp³-hybridized carbons (Fsp3) is 0.625. The maximum atomic E-state index is 12.4. The van der Waals surface area contributed by atoms with Gasteiger partial charge in [0.25, 0.3) is 0 Å². The summed E-state index contributed by atoms with van der Waals surface area (Å²) in [6.07, 6.45) is 0. The molecule has 0 radical (unpaired) electrons. The third-order valence-corrected chi connectivity index (χ3v) is 2.06. The minimum Gasteiger partial charge on any atom is -0.279 e. The van der Waals surface area contributed by atoms with Crippen LogP contribution in [0.4, 0.5) is 4.39 Å². The highest BCUT2D eigenvalue weighted by Crippen LogP contribution is 2.21. The summed E-state index contributed by atoms with van der Waals surface area (Å²) < 4.78 is 12.4. The minimum atomic E-state index is -0.424. The van der Waals surface area contributed by atoms with Crippen LogP contribution in [-0.4, -0.2) is 10.2 Å². The van der Waals surface area contributed by atoms with E-state index in [4.69, 9.17) is 0 Å². The maximum Gasteiger partial charge on any atom is 0.232 e. The number of aromatic amines is 1. The highest BCUT2D eigenvalue weighted by atomic mass is 19.1. The molecule has 0 saturated heterocycles. The van der Waals surface area contributed by atoms with Gasteiger partial charge in [-0.2, -0.15) is 4.39 Å². The van der Waals surface area contributed by atoms with Gasteiger partial charge in [-0.25, -0.2) is 0 Å². The van der Waals surface area contributed by atoms with Crippen LogP contribution in [0.2, 0.25) is 0 Å². The third kappa shape index (κ3) is 1.79. The molecule has 62 valence electrons. The summed E-state index contributed by atoms with van der Waals surface area (Å²) in [5.41, 5.74) is 0.873. The summed E-state index contributed by atoms with van der Waals surface area (Å²) in [6, 6.07) is 1.45. The van der Waals surface area contributed by atoms with Crippen LogP contribution in [0.15, 0.2) is 6.07 Å². The van der Waals surface area contributed by atoms with E-state index in [1.165, 1.54) is 6.07 Å². The van der Waals surface area contributed by atoms with Gasteiger partial charge in [-0.05, 0) is 5.92 Å². The number of halogens is 1. The Kier molecular flexibility index (Phi) is 2.27. The molecule has 0 aliphatic rings. The van der Waals surface area contributed by atoms with Crippen molar-refractivity contribution in [2.45, 2.75) is 26.7 Å². The van der Waals surface area contributed by atoms with Crippen LogP contribution in [0.5, 0.6) is 0 Å². The van der Waals surface area contributed by atoms with Crippen molar-refractivity contribution in [1.29, 1.82) is 0 Å². The maximum absolute atomic E-state index is 12.4. The van der Waals surface area contributed by atoms with Crippen LogP contribution in [0.3, 0.4) is 0 Å². The lowest BCUT2D eigenvalue weighted by molar-refractivity contribution is 0.522. The smallest absolute Gasteiger partial charge is 0.232 e. The standard InChI is InChI=1S/C8H13FN2/c1-5(2)6(3)7-4-8(9)11-10-7/h4-6H,1-3H3,(H,10,11). The second-order valence-electron chi connectivity index (χ2n) is 3.18. The number of aromatic nitrogens is 2. The quantitative estimate of drug-likeness (QED) is 0.699. The molecule has 0 aliphatic heterocycles. The predicted octanol–water partition coefficient (Wildman–Crippen LogP) is 2.31. The van der Waals surface area contributed by atoms with Crippen LogP contribution in [0, 0.1) is 11.9 Å². The molecule has 1 unspecified atom stereocenters. The van der Waals surface area contributed by atoms with E-state index in [0.29, 0.717) is 11.8 Å². The Morgan fingerprint density at radius 2 is 2.09 bits per heavy atom. The van der Waals surface area contributed by atoms with E-state index in [9.17, 15) is 4.39 Å². The second kappa shape index (κ2) is 3.03. The van der Waals surface area contributed by atoms with E-state index < -0.39 is 5.95 Å². The van der Waals surface area contributed by atoms with Crippen LogP contribution in [0.25, 0.3) is 0 Å². The number of hydrogen-bond donors (Lipinski definition) is 1. The monoisotopic (exact) mass is 156 g/mol. The number of hydrogen-bond acceptors (Lipinski definition) is 1. The Balaban J connectivity index is 2.76. The van der Waals surface area contributed by atoms with E-state index in [2.05, 4.69) is 31.0 Å². The molecule has 0 amide bonds. The normalized spacial score (nSPS) is 13.9. The lowest BCUT2D eigenvalue weighted by Crippen LogP contribution is -2.01. The molecule has 11 heavy (non-hydrogen) atoms. The second-order valence-corrected chi connectivity index (χ2v) is 3.18. The molecule has 1 N–H and O–H groups in total. The highest BCUT2D eigenvalue weighted by molar-refractivity contribution is 5.06. The van der Waals surface area contributed by atoms with Crippen molar-refractivity contribution in [2.75, 3.05) is 0 Å². The first kappa shape index (κ1) is 8.24. The van der Waals surface area contributed by atoms with Gasteiger partial charge in [-0.1, -0.05) is 20.8 Å². The minimum absolute atomic E-state index is 0.340. The van der Waals surface area contributed by atoms with E-state index in [0.717, 1.165) is 5.69 Å². The van der Waals surface area contributed by atoms with Gasteiger partial charge in [0.05, 0.1) is 0 Å². The highest BCUT2D eigenvalue weighted by Gasteiger charge is 2.12. The van der Waals surface area contributed by atoms with Gasteiger partial charge < -0.3 is 0 Å². The van der Waals surface area contributed by atoms with Crippen molar-refractivity contribution in [3.05, 3.63) is 17.7 Å². The van der Waals surface area contributed by atoms with Crippen molar-refractivity contribution in [3.8, 4) is 0 Å². The summed E-state index contributed by atoms with van der Waals surface area (Å²) in [4.78, 5) is 0. The fourth-order valence-electron chi connectivity index (χ4n) is 0.903. The third-order valence-electron chi connectivity index (χ3n) is 2.06. The van der Waals surface area contributed by atoms with Gasteiger partial charge in [0.15, 0.2) is 0 Å². The molecular weight excluding hydrogens is 143 g/mol.